The number of carbonyl (C=O) groups is 4. The Morgan fingerprint density at radius 1 is 0.880 bits per heavy atom. The van der Waals surface area contributed by atoms with Gasteiger partial charge in [0.15, 0.2) is 34.6 Å². The maximum Gasteiger partial charge on any atom is 0.329 e. The van der Waals surface area contributed by atoms with Gasteiger partial charge < -0.3 is 35.1 Å². The van der Waals surface area contributed by atoms with Gasteiger partial charge in [0.1, 0.15) is 36.1 Å². The minimum atomic E-state index is -1.18. The van der Waals surface area contributed by atoms with Gasteiger partial charge in [-0.1, -0.05) is 41.9 Å². The molecular formula is C55H57ClF4N8O7. The summed E-state index contributed by atoms with van der Waals surface area (Å²) >= 11 is 6.66. The molecule has 1 atom stereocenters. The number of nitrogens with zero attached hydrogens (tertiary/aromatic N) is 5. The minimum absolute atomic E-state index is 0.00932. The van der Waals surface area contributed by atoms with E-state index in [4.69, 9.17) is 31.5 Å². The van der Waals surface area contributed by atoms with E-state index in [-0.39, 0.29) is 113 Å². The average Bonchev–Trinajstić information content (AvgIpc) is 3.95. The predicted octanol–water partition coefficient (Wildman–Crippen LogP) is 8.38. The number of benzene rings is 4. The second-order valence-electron chi connectivity index (χ2n) is 20.6. The van der Waals surface area contributed by atoms with Crippen LogP contribution in [-0.2, 0) is 28.7 Å². The first-order valence-corrected chi connectivity index (χ1v) is 26.1. The molecule has 4 aromatic carbocycles. The number of imide groups is 1. The number of likely N-dealkylation sites (tertiary alicyclic amines) is 2. The molecule has 394 valence electrons. The molecule has 5 amide bonds. The van der Waals surface area contributed by atoms with Crippen LogP contribution in [0.5, 0.6) is 17.2 Å². The fourth-order valence-electron chi connectivity index (χ4n) is 12.2. The summed E-state index contributed by atoms with van der Waals surface area (Å²) in [6.07, 6.45) is 9.78. The Morgan fingerprint density at radius 2 is 1.61 bits per heavy atom. The van der Waals surface area contributed by atoms with Crippen molar-refractivity contribution in [3.63, 3.8) is 0 Å². The highest BCUT2D eigenvalue weighted by Gasteiger charge is 2.44. The van der Waals surface area contributed by atoms with Gasteiger partial charge in [-0.25, -0.2) is 22.4 Å². The average molecular weight is 1050 g/mol. The summed E-state index contributed by atoms with van der Waals surface area (Å²) in [5.74, 6) is -4.31. The molecule has 0 spiro atoms. The number of hydrogen-bond acceptors (Lipinski definition) is 10. The van der Waals surface area contributed by atoms with E-state index in [1.54, 1.807) is 7.05 Å². The molecule has 0 bridgehead atoms. The Bertz CT molecular complexity index is 3130. The summed E-state index contributed by atoms with van der Waals surface area (Å²) in [6.45, 7) is 3.89. The van der Waals surface area contributed by atoms with Crippen LogP contribution in [0.15, 0.2) is 60.8 Å². The predicted molar refractivity (Wildman–Crippen MR) is 271 cm³/mol. The van der Waals surface area contributed by atoms with Crippen LogP contribution in [-0.4, -0.2) is 102 Å². The fraction of sp³-hybridized carbons (Fsp3) is 0.436. The van der Waals surface area contributed by atoms with Crippen LogP contribution in [0, 0.1) is 35.1 Å². The first-order chi connectivity index (χ1) is 36.2. The van der Waals surface area contributed by atoms with Gasteiger partial charge in [0.2, 0.25) is 17.7 Å². The third-order valence-corrected chi connectivity index (χ3v) is 16.5. The highest BCUT2D eigenvalue weighted by Crippen LogP contribution is 2.52. The van der Waals surface area contributed by atoms with Gasteiger partial charge in [-0.05, 0) is 106 Å². The summed E-state index contributed by atoms with van der Waals surface area (Å²) in [5, 5.41) is 9.90. The molecule has 1 aromatic heterocycles. The van der Waals surface area contributed by atoms with Crippen LogP contribution in [0.3, 0.4) is 0 Å². The summed E-state index contributed by atoms with van der Waals surface area (Å²) in [4.78, 5) is 56.6. The highest BCUT2D eigenvalue weighted by atomic mass is 35.5. The van der Waals surface area contributed by atoms with Gasteiger partial charge in [0.25, 0.3) is 0 Å². The highest BCUT2D eigenvalue weighted by molar-refractivity contribution is 6.34. The van der Waals surface area contributed by atoms with E-state index in [9.17, 15) is 19.2 Å². The number of hydrogen-bond donors (Lipinski definition) is 3. The fourth-order valence-corrected chi connectivity index (χ4v) is 12.5. The number of urea groups is 1. The molecule has 0 radical (unpaired) electrons. The van der Waals surface area contributed by atoms with Crippen molar-refractivity contribution in [2.75, 3.05) is 57.4 Å². The molecule has 11 rings (SSSR count). The van der Waals surface area contributed by atoms with Gasteiger partial charge in [0.05, 0.1) is 16.0 Å². The number of piperidine rings is 2. The normalized spacial score (nSPS) is 22.6. The van der Waals surface area contributed by atoms with Crippen LogP contribution in [0.1, 0.15) is 90.8 Å². The van der Waals surface area contributed by atoms with E-state index >= 15 is 17.6 Å². The zero-order valence-electron chi connectivity index (χ0n) is 41.4. The number of nitrogens with two attached hydrogens (primary N) is 1. The molecule has 3 saturated heterocycles. The lowest BCUT2D eigenvalue weighted by Crippen LogP contribution is -2.49. The smallest absolute Gasteiger partial charge is 0.329 e. The zero-order valence-corrected chi connectivity index (χ0v) is 42.1. The zero-order chi connectivity index (χ0) is 52.3. The number of carbonyl (C=O) groups excluding carboxylic acids is 4. The molecule has 1 aliphatic carbocycles. The molecule has 5 aliphatic heterocycles. The Kier molecular flexibility index (Phi) is 13.6. The van der Waals surface area contributed by atoms with E-state index < -0.39 is 51.7 Å². The Morgan fingerprint density at radius 3 is 2.33 bits per heavy atom. The van der Waals surface area contributed by atoms with Crippen LogP contribution >= 0.6 is 11.6 Å². The monoisotopic (exact) mass is 1050 g/mol. The molecule has 0 unspecified atom stereocenters. The first kappa shape index (κ1) is 50.3. The van der Waals surface area contributed by atoms with E-state index in [1.807, 2.05) is 47.5 Å². The molecule has 75 heavy (non-hydrogen) atoms. The van der Waals surface area contributed by atoms with Crippen molar-refractivity contribution in [3.05, 3.63) is 111 Å². The van der Waals surface area contributed by atoms with Crippen molar-refractivity contribution < 1.29 is 51.0 Å². The standard InChI is InChI=1S/C55H57ClF4N8O7/c1-65-49-36(52(64-65)68-22-15-42(69)63-54(68)72)25-38(57)43(47(49)59)31-13-18-66(19-14-31)29-30-11-20-67(21-12-30)53(71)32-7-9-34(10-8-32)62-17-16-55(33-5-3-2-4-6-33)28-37-40(75-55)27-39(58)46(56)44(37)45-35(51(61)70)26-41-50(48(45)60)74-24-23-73-41/h2-6,16-17,25-27,30-32,34,62H,7-15,18-24,28-29H2,1H3,(H2,61,70)(H,63,69,72)/b17-16-/t32?,34?,55-/m0/s1. The molecule has 4 N–H and O–H groups in total. The van der Waals surface area contributed by atoms with Crippen molar-refractivity contribution in [1.29, 1.82) is 0 Å². The molecule has 15 nitrogen and oxygen atoms in total. The van der Waals surface area contributed by atoms with Crippen molar-refractivity contribution in [2.24, 2.45) is 24.6 Å². The van der Waals surface area contributed by atoms with Crippen LogP contribution in [0.25, 0.3) is 22.0 Å². The van der Waals surface area contributed by atoms with Crippen molar-refractivity contribution in [3.8, 4) is 28.4 Å². The quantitative estimate of drug-likeness (QED) is 0.109. The lowest BCUT2D eigenvalue weighted by Gasteiger charge is -2.39. The van der Waals surface area contributed by atoms with Crippen LogP contribution < -0.4 is 35.5 Å². The number of anilines is 1. The van der Waals surface area contributed by atoms with E-state index in [2.05, 4.69) is 20.6 Å². The number of amides is 5. The van der Waals surface area contributed by atoms with E-state index in [0.717, 1.165) is 50.6 Å². The molecule has 6 heterocycles. The minimum Gasteiger partial charge on any atom is -0.486 e. The molecule has 6 aliphatic rings. The molecule has 1 saturated carbocycles. The lowest BCUT2D eigenvalue weighted by molar-refractivity contribution is -0.138. The molecule has 5 aromatic rings. The van der Waals surface area contributed by atoms with E-state index in [1.165, 1.54) is 27.8 Å². The number of rotatable bonds is 11. The topological polar surface area (TPSA) is 174 Å². The van der Waals surface area contributed by atoms with Crippen molar-refractivity contribution >= 4 is 52.1 Å². The summed E-state index contributed by atoms with van der Waals surface area (Å²) < 4.78 is 83.4. The number of nitrogens with one attached hydrogen (secondary N) is 2. The SMILES string of the molecule is Cn1nc(N2CCC(=O)NC2=O)c2cc(F)c(C3CCN(CC4CCN(C(=O)C5CCC(N/C=C\[C@@]6(c7ccccc7)Cc7c(cc(F)c(Cl)c7-c7c(C(N)=O)cc8c(c7F)OCCO8)O6)CC5)CC4)CC3)c(F)c21. The lowest BCUT2D eigenvalue weighted by atomic mass is 9.84. The van der Waals surface area contributed by atoms with Gasteiger partial charge >= 0.3 is 6.03 Å². The van der Waals surface area contributed by atoms with Gasteiger partial charge in [-0.2, -0.15) is 5.10 Å². The Labute approximate surface area is 435 Å². The number of aromatic nitrogens is 2. The van der Waals surface area contributed by atoms with Crippen molar-refractivity contribution in [2.45, 2.75) is 81.8 Å². The first-order valence-electron chi connectivity index (χ1n) is 25.8. The Hall–Kier alpha value is -6.86. The van der Waals surface area contributed by atoms with E-state index in [0.29, 0.717) is 50.5 Å². The number of halogens is 5. The number of ether oxygens (including phenoxy) is 3. The third-order valence-electron chi connectivity index (χ3n) is 16.1. The van der Waals surface area contributed by atoms with Crippen LogP contribution in [0.2, 0.25) is 5.02 Å². The number of aryl methyl sites for hydroxylation is 1. The van der Waals surface area contributed by atoms with Crippen LogP contribution in [0.4, 0.5) is 28.2 Å². The summed E-state index contributed by atoms with van der Waals surface area (Å²) in [5.41, 5.74) is 5.28. The molecule has 20 heteroatoms. The molecule has 4 fully saturated rings. The largest absolute Gasteiger partial charge is 0.486 e. The molecular weight excluding hydrogens is 996 g/mol. The second-order valence-corrected chi connectivity index (χ2v) is 21.0. The maximum absolute atomic E-state index is 16.5. The number of primary amides is 1. The number of fused-ring (bicyclic) bond motifs is 3. The Balaban J connectivity index is 0.683. The van der Waals surface area contributed by atoms with Gasteiger partial charge in [0, 0.05) is 86.3 Å². The van der Waals surface area contributed by atoms with Gasteiger partial charge in [-0.3, -0.25) is 29.3 Å². The summed E-state index contributed by atoms with van der Waals surface area (Å²) in [7, 11) is 1.56. The van der Waals surface area contributed by atoms with Crippen molar-refractivity contribution in [1.82, 2.24) is 30.2 Å². The van der Waals surface area contributed by atoms with Gasteiger partial charge in [-0.15, -0.1) is 0 Å². The maximum atomic E-state index is 16.5. The summed E-state index contributed by atoms with van der Waals surface area (Å²) in [6, 6.07) is 12.5. The second kappa shape index (κ2) is 20.3. The third kappa shape index (κ3) is 9.39.